The summed E-state index contributed by atoms with van der Waals surface area (Å²) in [5.41, 5.74) is 4.88. The Balaban J connectivity index is 1.33. The Labute approximate surface area is 171 Å². The van der Waals surface area contributed by atoms with E-state index < -0.39 is 0 Å². The van der Waals surface area contributed by atoms with E-state index in [1.54, 1.807) is 7.11 Å². The van der Waals surface area contributed by atoms with E-state index in [0.29, 0.717) is 6.61 Å². The zero-order valence-electron chi connectivity index (χ0n) is 17.1. The van der Waals surface area contributed by atoms with Gasteiger partial charge in [-0.05, 0) is 37.1 Å². The Morgan fingerprint density at radius 3 is 2.79 bits per heavy atom. The standard InChI is InChI=1S/C24H27N3O2/c1-18-4-3-5-20(12-18)22-13-25-23-15-29-24(17-27(22)23)10-11-26(16-24)14-19-6-8-21(28-2)9-7-19/h3-9,12-13H,10-11,14-17H2,1-2H3/t24-/m1/s1. The highest BCUT2D eigenvalue weighted by atomic mass is 16.5. The van der Waals surface area contributed by atoms with E-state index in [4.69, 9.17) is 9.47 Å². The number of ether oxygens (including phenoxy) is 2. The van der Waals surface area contributed by atoms with Crippen LogP contribution < -0.4 is 4.74 Å². The van der Waals surface area contributed by atoms with Crippen LogP contribution in [0.4, 0.5) is 0 Å². The summed E-state index contributed by atoms with van der Waals surface area (Å²) in [6.45, 7) is 6.53. The van der Waals surface area contributed by atoms with E-state index in [1.165, 1.54) is 22.4 Å². The molecule has 2 aliphatic heterocycles. The molecule has 0 radical (unpaired) electrons. The zero-order valence-corrected chi connectivity index (χ0v) is 17.1. The number of hydrogen-bond donors (Lipinski definition) is 0. The van der Waals surface area contributed by atoms with Crippen LogP contribution in [0.3, 0.4) is 0 Å². The predicted molar refractivity (Wildman–Crippen MR) is 113 cm³/mol. The molecule has 2 aliphatic rings. The quantitative estimate of drug-likeness (QED) is 0.675. The van der Waals surface area contributed by atoms with Gasteiger partial charge in [-0.1, -0.05) is 35.9 Å². The third kappa shape index (κ3) is 3.56. The van der Waals surface area contributed by atoms with Crippen LogP contribution in [0.1, 0.15) is 23.4 Å². The number of aryl methyl sites for hydroxylation is 1. The molecular formula is C24H27N3O2. The van der Waals surface area contributed by atoms with Crippen LogP contribution in [0.2, 0.25) is 0 Å². The van der Waals surface area contributed by atoms with Crippen LogP contribution in [0.5, 0.6) is 5.75 Å². The van der Waals surface area contributed by atoms with Gasteiger partial charge in [0.15, 0.2) is 0 Å². The second-order valence-corrected chi connectivity index (χ2v) is 8.30. The first-order valence-corrected chi connectivity index (χ1v) is 10.2. The van der Waals surface area contributed by atoms with Crippen molar-refractivity contribution in [1.82, 2.24) is 14.5 Å². The van der Waals surface area contributed by atoms with E-state index in [1.807, 2.05) is 18.3 Å². The largest absolute Gasteiger partial charge is 0.497 e. The summed E-state index contributed by atoms with van der Waals surface area (Å²) in [6.07, 6.45) is 3.05. The maximum absolute atomic E-state index is 6.39. The van der Waals surface area contributed by atoms with Crippen LogP contribution in [-0.4, -0.2) is 40.3 Å². The van der Waals surface area contributed by atoms with Crippen LogP contribution >= 0.6 is 0 Å². The van der Waals surface area contributed by atoms with Crippen molar-refractivity contribution in [3.05, 3.63) is 71.7 Å². The summed E-state index contributed by atoms with van der Waals surface area (Å²) >= 11 is 0. The number of nitrogens with zero attached hydrogens (tertiary/aromatic N) is 3. The predicted octanol–water partition coefficient (Wildman–Crippen LogP) is 4.04. The Morgan fingerprint density at radius 1 is 1.14 bits per heavy atom. The van der Waals surface area contributed by atoms with E-state index in [0.717, 1.165) is 44.2 Å². The molecule has 0 saturated carbocycles. The summed E-state index contributed by atoms with van der Waals surface area (Å²) in [6, 6.07) is 17.0. The maximum atomic E-state index is 6.39. The highest BCUT2D eigenvalue weighted by Crippen LogP contribution is 2.35. The van der Waals surface area contributed by atoms with Gasteiger partial charge in [-0.2, -0.15) is 0 Å². The minimum Gasteiger partial charge on any atom is -0.497 e. The summed E-state index contributed by atoms with van der Waals surface area (Å²) < 4.78 is 14.0. The summed E-state index contributed by atoms with van der Waals surface area (Å²) in [5.74, 6) is 1.93. The van der Waals surface area contributed by atoms with Gasteiger partial charge in [-0.25, -0.2) is 4.98 Å². The molecule has 29 heavy (non-hydrogen) atoms. The van der Waals surface area contributed by atoms with Gasteiger partial charge in [-0.3, -0.25) is 4.90 Å². The molecule has 1 fully saturated rings. The van der Waals surface area contributed by atoms with E-state index >= 15 is 0 Å². The highest BCUT2D eigenvalue weighted by Gasteiger charge is 2.43. The molecule has 0 unspecified atom stereocenters. The molecule has 1 saturated heterocycles. The van der Waals surface area contributed by atoms with E-state index in [9.17, 15) is 0 Å². The van der Waals surface area contributed by atoms with Crippen molar-refractivity contribution >= 4 is 0 Å². The normalized spacial score (nSPS) is 21.4. The number of aromatic nitrogens is 2. The van der Waals surface area contributed by atoms with Gasteiger partial charge in [0.2, 0.25) is 0 Å². The van der Waals surface area contributed by atoms with Gasteiger partial charge in [0.05, 0.1) is 25.5 Å². The van der Waals surface area contributed by atoms with E-state index in [-0.39, 0.29) is 5.60 Å². The zero-order chi connectivity index (χ0) is 19.8. The molecule has 1 aromatic heterocycles. The van der Waals surface area contributed by atoms with Crippen molar-refractivity contribution < 1.29 is 9.47 Å². The van der Waals surface area contributed by atoms with Crippen LogP contribution in [0, 0.1) is 6.92 Å². The minimum absolute atomic E-state index is 0.126. The Bertz CT molecular complexity index is 1010. The lowest BCUT2D eigenvalue weighted by atomic mass is 10.0. The number of likely N-dealkylation sites (tertiary alicyclic amines) is 1. The summed E-state index contributed by atoms with van der Waals surface area (Å²) in [4.78, 5) is 7.13. The van der Waals surface area contributed by atoms with Crippen LogP contribution in [0.25, 0.3) is 11.3 Å². The Morgan fingerprint density at radius 2 is 2.00 bits per heavy atom. The van der Waals surface area contributed by atoms with Crippen molar-refractivity contribution in [3.8, 4) is 17.0 Å². The SMILES string of the molecule is COc1ccc(CN2CC[C@@]3(C2)Cn2c(-c4cccc(C)c4)cnc2CO3)cc1. The molecule has 3 aromatic rings. The molecule has 5 nitrogen and oxygen atoms in total. The fourth-order valence-electron chi connectivity index (χ4n) is 4.59. The van der Waals surface area contributed by atoms with Crippen molar-refractivity contribution in [3.63, 3.8) is 0 Å². The van der Waals surface area contributed by atoms with Crippen LogP contribution in [-0.2, 0) is 24.4 Å². The van der Waals surface area contributed by atoms with Crippen molar-refractivity contribution in [2.75, 3.05) is 20.2 Å². The lowest BCUT2D eigenvalue weighted by Crippen LogP contribution is -2.44. The van der Waals surface area contributed by atoms with Gasteiger partial charge < -0.3 is 14.0 Å². The third-order valence-corrected chi connectivity index (χ3v) is 6.17. The highest BCUT2D eigenvalue weighted by molar-refractivity contribution is 5.60. The molecule has 0 N–H and O–H groups in total. The van der Waals surface area contributed by atoms with Gasteiger partial charge in [-0.15, -0.1) is 0 Å². The summed E-state index contributed by atoms with van der Waals surface area (Å²) in [7, 11) is 1.70. The number of imidazole rings is 1. The monoisotopic (exact) mass is 389 g/mol. The van der Waals surface area contributed by atoms with Gasteiger partial charge in [0.1, 0.15) is 23.8 Å². The number of fused-ring (bicyclic) bond motifs is 1. The molecule has 3 heterocycles. The topological polar surface area (TPSA) is 39.5 Å². The number of hydrogen-bond acceptors (Lipinski definition) is 4. The Kier molecular flexibility index (Phi) is 4.64. The molecule has 0 bridgehead atoms. The average Bonchev–Trinajstić information content (AvgIpc) is 3.33. The first-order valence-electron chi connectivity index (χ1n) is 10.2. The van der Waals surface area contributed by atoms with Gasteiger partial charge in [0, 0.05) is 25.2 Å². The van der Waals surface area contributed by atoms with Crippen LogP contribution in [0.15, 0.2) is 54.7 Å². The average molecular weight is 389 g/mol. The molecule has 1 atom stereocenters. The molecule has 150 valence electrons. The van der Waals surface area contributed by atoms with Crippen molar-refractivity contribution in [1.29, 1.82) is 0 Å². The molecule has 2 aromatic carbocycles. The fourth-order valence-corrected chi connectivity index (χ4v) is 4.59. The smallest absolute Gasteiger partial charge is 0.135 e. The van der Waals surface area contributed by atoms with E-state index in [2.05, 4.69) is 57.8 Å². The maximum Gasteiger partial charge on any atom is 0.135 e. The van der Waals surface area contributed by atoms with Crippen molar-refractivity contribution in [2.45, 2.75) is 38.6 Å². The first-order chi connectivity index (χ1) is 14.1. The number of rotatable bonds is 4. The lowest BCUT2D eigenvalue weighted by molar-refractivity contribution is -0.0821. The first kappa shape index (κ1) is 18.4. The third-order valence-electron chi connectivity index (χ3n) is 6.17. The lowest BCUT2D eigenvalue weighted by Gasteiger charge is -2.35. The second kappa shape index (κ2) is 7.32. The molecule has 5 rings (SSSR count). The number of methoxy groups -OCH3 is 1. The molecule has 1 spiro atoms. The Hall–Kier alpha value is -2.63. The van der Waals surface area contributed by atoms with Crippen molar-refractivity contribution in [2.24, 2.45) is 0 Å². The molecule has 0 amide bonds. The summed E-state index contributed by atoms with van der Waals surface area (Å²) in [5, 5.41) is 0. The molecular weight excluding hydrogens is 362 g/mol. The number of benzene rings is 2. The second-order valence-electron chi connectivity index (χ2n) is 8.30. The van der Waals surface area contributed by atoms with Gasteiger partial charge in [0.25, 0.3) is 0 Å². The van der Waals surface area contributed by atoms with Gasteiger partial charge >= 0.3 is 0 Å². The fraction of sp³-hybridized carbons (Fsp3) is 0.375. The molecule has 0 aliphatic carbocycles. The molecule has 5 heteroatoms. The minimum atomic E-state index is -0.126.